The molecule has 1 N–H and O–H groups in total. The molecule has 3 nitrogen and oxygen atoms in total. The van der Waals surface area contributed by atoms with Crippen molar-refractivity contribution in [3.63, 3.8) is 0 Å². The van der Waals surface area contributed by atoms with Gasteiger partial charge in [0.25, 0.3) is 0 Å². The molecule has 1 atom stereocenters. The van der Waals surface area contributed by atoms with E-state index < -0.39 is 0 Å². The molecule has 1 aromatic heterocycles. The maximum Gasteiger partial charge on any atom is 0.211 e. The molecule has 0 saturated heterocycles. The van der Waals surface area contributed by atoms with E-state index in [0.29, 0.717) is 16.7 Å². The average molecular weight is 344 g/mol. The van der Waals surface area contributed by atoms with Gasteiger partial charge in [-0.05, 0) is 38.1 Å². The fourth-order valence-corrected chi connectivity index (χ4v) is 2.32. The lowest BCUT2D eigenvalue weighted by atomic mass is 10.2. The van der Waals surface area contributed by atoms with E-state index in [9.17, 15) is 0 Å². The Bertz CT molecular complexity index is 556. The van der Waals surface area contributed by atoms with E-state index >= 15 is 0 Å². The van der Waals surface area contributed by atoms with E-state index in [4.69, 9.17) is 16.0 Å². The van der Waals surface area contributed by atoms with Crippen molar-refractivity contribution >= 4 is 27.5 Å². The van der Waals surface area contributed by atoms with Crippen molar-refractivity contribution in [2.24, 2.45) is 0 Å². The highest BCUT2D eigenvalue weighted by atomic mass is 79.9. The van der Waals surface area contributed by atoms with Crippen LogP contribution in [0.25, 0.3) is 11.3 Å². The normalized spacial score (nSPS) is 12.6. The monoisotopic (exact) mass is 342 g/mol. The van der Waals surface area contributed by atoms with Crippen LogP contribution in [-0.2, 0) is 0 Å². The molecule has 2 rings (SSSR count). The largest absolute Gasteiger partial charge is 0.439 e. The summed E-state index contributed by atoms with van der Waals surface area (Å²) >= 11 is 9.61. The van der Waals surface area contributed by atoms with Crippen LogP contribution in [0.1, 0.15) is 32.2 Å². The first kappa shape index (κ1) is 14.6. The summed E-state index contributed by atoms with van der Waals surface area (Å²) in [6, 6.07) is 5.76. The Morgan fingerprint density at radius 2 is 2.26 bits per heavy atom. The second-order valence-corrected chi connectivity index (χ2v) is 5.69. The van der Waals surface area contributed by atoms with Crippen molar-refractivity contribution in [2.45, 2.75) is 26.3 Å². The molecule has 102 valence electrons. The Morgan fingerprint density at radius 1 is 1.47 bits per heavy atom. The molecule has 2 aromatic rings. The van der Waals surface area contributed by atoms with Gasteiger partial charge in [0.1, 0.15) is 0 Å². The Labute approximate surface area is 126 Å². The molecule has 19 heavy (non-hydrogen) atoms. The third-order valence-corrected chi connectivity index (χ3v) is 3.61. The van der Waals surface area contributed by atoms with Crippen LogP contribution in [0.4, 0.5) is 0 Å². The van der Waals surface area contributed by atoms with E-state index in [-0.39, 0.29) is 6.04 Å². The number of halogens is 2. The van der Waals surface area contributed by atoms with Crippen LogP contribution in [-0.4, -0.2) is 11.5 Å². The van der Waals surface area contributed by atoms with Crippen molar-refractivity contribution < 1.29 is 4.42 Å². The second-order valence-electron chi connectivity index (χ2n) is 4.36. The van der Waals surface area contributed by atoms with Gasteiger partial charge in [0.2, 0.25) is 5.89 Å². The topological polar surface area (TPSA) is 38.1 Å². The lowest BCUT2D eigenvalue weighted by molar-refractivity contribution is 0.423. The van der Waals surface area contributed by atoms with E-state index in [1.807, 2.05) is 25.1 Å². The van der Waals surface area contributed by atoms with Gasteiger partial charge in [-0.3, -0.25) is 0 Å². The van der Waals surface area contributed by atoms with Gasteiger partial charge < -0.3 is 9.73 Å². The molecule has 0 spiro atoms. The van der Waals surface area contributed by atoms with Crippen molar-refractivity contribution in [1.82, 2.24) is 10.3 Å². The maximum absolute atomic E-state index is 6.18. The molecule has 0 bridgehead atoms. The summed E-state index contributed by atoms with van der Waals surface area (Å²) < 4.78 is 6.75. The molecule has 1 unspecified atom stereocenters. The molecule has 1 heterocycles. The summed E-state index contributed by atoms with van der Waals surface area (Å²) in [5.74, 6) is 1.37. The third kappa shape index (κ3) is 3.59. The number of hydrogen-bond donors (Lipinski definition) is 1. The zero-order valence-corrected chi connectivity index (χ0v) is 13.3. The van der Waals surface area contributed by atoms with Crippen LogP contribution >= 0.6 is 27.5 Å². The molecule has 0 radical (unpaired) electrons. The molecule has 0 aliphatic heterocycles. The van der Waals surface area contributed by atoms with Crippen LogP contribution in [0.15, 0.2) is 33.3 Å². The van der Waals surface area contributed by atoms with Crippen LogP contribution in [0.5, 0.6) is 0 Å². The van der Waals surface area contributed by atoms with Gasteiger partial charge in [-0.15, -0.1) is 0 Å². The fraction of sp³-hybridized carbons (Fsp3) is 0.357. The molecule has 0 aliphatic rings. The first-order chi connectivity index (χ1) is 9.11. The fourth-order valence-electron chi connectivity index (χ4n) is 1.75. The molecule has 0 amide bonds. The summed E-state index contributed by atoms with van der Waals surface area (Å²) in [5, 5.41) is 3.99. The highest BCUT2D eigenvalue weighted by Crippen LogP contribution is 2.31. The van der Waals surface area contributed by atoms with Crippen LogP contribution in [0.3, 0.4) is 0 Å². The van der Waals surface area contributed by atoms with E-state index in [1.165, 1.54) is 0 Å². The number of benzene rings is 1. The van der Waals surface area contributed by atoms with Gasteiger partial charge in [0.15, 0.2) is 5.76 Å². The molecular weight excluding hydrogens is 328 g/mol. The standard InChI is InChI=1S/C14H16BrClN2O/c1-3-6-17-9(2)14-18-8-13(19-14)11-7-10(15)4-5-12(11)16/h4-5,7-9,17H,3,6H2,1-2H3. The van der Waals surface area contributed by atoms with Gasteiger partial charge in [-0.25, -0.2) is 4.98 Å². The summed E-state index contributed by atoms with van der Waals surface area (Å²) in [4.78, 5) is 4.31. The lowest BCUT2D eigenvalue weighted by Gasteiger charge is -2.08. The Balaban J connectivity index is 2.23. The van der Waals surface area contributed by atoms with Gasteiger partial charge in [-0.2, -0.15) is 0 Å². The summed E-state index contributed by atoms with van der Waals surface area (Å²) in [7, 11) is 0. The van der Waals surface area contributed by atoms with Crippen LogP contribution in [0, 0.1) is 0 Å². The Kier molecular flexibility index (Phi) is 5.02. The van der Waals surface area contributed by atoms with Gasteiger partial charge >= 0.3 is 0 Å². The van der Waals surface area contributed by atoms with Crippen LogP contribution < -0.4 is 5.32 Å². The van der Waals surface area contributed by atoms with E-state index in [0.717, 1.165) is 23.0 Å². The molecule has 0 fully saturated rings. The first-order valence-electron chi connectivity index (χ1n) is 6.26. The van der Waals surface area contributed by atoms with Crippen molar-refractivity contribution in [1.29, 1.82) is 0 Å². The van der Waals surface area contributed by atoms with Gasteiger partial charge in [0.05, 0.1) is 17.3 Å². The SMILES string of the molecule is CCCNC(C)c1ncc(-c2cc(Br)ccc2Cl)o1. The minimum absolute atomic E-state index is 0.0969. The zero-order chi connectivity index (χ0) is 13.8. The number of oxazole rings is 1. The number of nitrogens with zero attached hydrogens (tertiary/aromatic N) is 1. The first-order valence-corrected chi connectivity index (χ1v) is 7.43. The maximum atomic E-state index is 6.18. The van der Waals surface area contributed by atoms with E-state index in [2.05, 4.69) is 33.2 Å². The molecule has 0 aliphatic carbocycles. The predicted molar refractivity (Wildman–Crippen MR) is 81.4 cm³/mol. The second kappa shape index (κ2) is 6.55. The van der Waals surface area contributed by atoms with Crippen molar-refractivity contribution in [2.75, 3.05) is 6.54 Å². The summed E-state index contributed by atoms with van der Waals surface area (Å²) in [6.07, 6.45) is 2.79. The lowest BCUT2D eigenvalue weighted by Crippen LogP contribution is -2.19. The molecule has 1 aromatic carbocycles. The summed E-state index contributed by atoms with van der Waals surface area (Å²) in [6.45, 7) is 5.10. The molecular formula is C14H16BrClN2O. The molecule has 5 heteroatoms. The number of hydrogen-bond acceptors (Lipinski definition) is 3. The zero-order valence-electron chi connectivity index (χ0n) is 10.9. The quantitative estimate of drug-likeness (QED) is 0.846. The van der Waals surface area contributed by atoms with E-state index in [1.54, 1.807) is 6.20 Å². The highest BCUT2D eigenvalue weighted by Gasteiger charge is 2.14. The number of nitrogens with one attached hydrogen (secondary N) is 1. The summed E-state index contributed by atoms with van der Waals surface area (Å²) in [5.41, 5.74) is 0.845. The smallest absolute Gasteiger partial charge is 0.211 e. The predicted octanol–water partition coefficient (Wildman–Crippen LogP) is 4.82. The minimum atomic E-state index is 0.0969. The van der Waals surface area contributed by atoms with Crippen LogP contribution in [0.2, 0.25) is 5.02 Å². The average Bonchev–Trinajstić information content (AvgIpc) is 2.88. The number of aromatic nitrogens is 1. The Morgan fingerprint density at radius 3 is 3.00 bits per heavy atom. The molecule has 0 saturated carbocycles. The minimum Gasteiger partial charge on any atom is -0.439 e. The third-order valence-electron chi connectivity index (χ3n) is 2.79. The van der Waals surface area contributed by atoms with Gasteiger partial charge in [0, 0.05) is 10.0 Å². The highest BCUT2D eigenvalue weighted by molar-refractivity contribution is 9.10. The Hall–Kier alpha value is -0.840. The van der Waals surface area contributed by atoms with Crippen molar-refractivity contribution in [3.8, 4) is 11.3 Å². The van der Waals surface area contributed by atoms with Crippen molar-refractivity contribution in [3.05, 3.63) is 39.8 Å². The number of rotatable bonds is 5. The van der Waals surface area contributed by atoms with Gasteiger partial charge in [-0.1, -0.05) is 34.5 Å².